The Labute approximate surface area is 186 Å². The van der Waals surface area contributed by atoms with Gasteiger partial charge >= 0.3 is 12.1 Å². The third kappa shape index (κ3) is 5.14. The average Bonchev–Trinajstić information content (AvgIpc) is 3.08. The summed E-state index contributed by atoms with van der Waals surface area (Å²) in [7, 11) is 0. The molecular weight excluding hydrogens is 412 g/mol. The standard InChI is InChI=1S/C24H26N2O6/c1-14(2)22(23(30)25-15(12-27)11-21(28)29)26-24(31)32-13-20-18-9-5-3-7-16(18)17-8-4-6-10-19(17)20/h3-10,12,14-15,20,22H,11,13H2,1-2H3,(H,25,30)(H,26,31)(H,28,29). The second-order valence-corrected chi connectivity index (χ2v) is 8.04. The largest absolute Gasteiger partial charge is 0.481 e. The molecule has 1 aliphatic carbocycles. The van der Waals surface area contributed by atoms with Gasteiger partial charge in [0.2, 0.25) is 5.91 Å². The van der Waals surface area contributed by atoms with E-state index < -0.39 is 36.5 Å². The molecule has 2 unspecified atom stereocenters. The van der Waals surface area contributed by atoms with Crippen LogP contribution in [0, 0.1) is 5.92 Å². The number of carbonyl (C=O) groups is 4. The lowest BCUT2D eigenvalue weighted by Gasteiger charge is -2.23. The summed E-state index contributed by atoms with van der Waals surface area (Å²) in [6, 6.07) is 13.7. The van der Waals surface area contributed by atoms with Crippen LogP contribution >= 0.6 is 0 Å². The molecular formula is C24H26N2O6. The molecule has 2 atom stereocenters. The predicted octanol–water partition coefficient (Wildman–Crippen LogP) is 2.71. The molecule has 168 valence electrons. The number of carbonyl (C=O) groups excluding carboxylic acids is 3. The second-order valence-electron chi connectivity index (χ2n) is 8.04. The predicted molar refractivity (Wildman–Crippen MR) is 117 cm³/mol. The normalized spacial score (nSPS) is 14.1. The highest BCUT2D eigenvalue weighted by molar-refractivity contribution is 5.89. The molecule has 8 heteroatoms. The number of alkyl carbamates (subject to hydrolysis) is 1. The molecule has 0 aliphatic heterocycles. The van der Waals surface area contributed by atoms with Crippen LogP contribution < -0.4 is 10.6 Å². The van der Waals surface area contributed by atoms with Gasteiger partial charge in [-0.3, -0.25) is 9.59 Å². The number of amides is 2. The van der Waals surface area contributed by atoms with Gasteiger partial charge in [-0.05, 0) is 28.2 Å². The molecule has 8 nitrogen and oxygen atoms in total. The fourth-order valence-corrected chi connectivity index (χ4v) is 3.90. The van der Waals surface area contributed by atoms with E-state index in [9.17, 15) is 19.2 Å². The van der Waals surface area contributed by atoms with Crippen LogP contribution in [0.2, 0.25) is 0 Å². The molecule has 0 radical (unpaired) electrons. The molecule has 32 heavy (non-hydrogen) atoms. The fourth-order valence-electron chi connectivity index (χ4n) is 3.90. The Morgan fingerprint density at radius 1 is 1.00 bits per heavy atom. The van der Waals surface area contributed by atoms with E-state index in [4.69, 9.17) is 9.84 Å². The topological polar surface area (TPSA) is 122 Å². The minimum atomic E-state index is -1.21. The first-order valence-electron chi connectivity index (χ1n) is 10.4. The minimum absolute atomic E-state index is 0.0995. The Bertz CT molecular complexity index is 974. The van der Waals surface area contributed by atoms with Gasteiger partial charge in [-0.1, -0.05) is 62.4 Å². The lowest BCUT2D eigenvalue weighted by Crippen LogP contribution is -2.53. The smallest absolute Gasteiger partial charge is 0.407 e. The third-order valence-electron chi connectivity index (χ3n) is 5.45. The van der Waals surface area contributed by atoms with Crippen molar-refractivity contribution in [3.63, 3.8) is 0 Å². The zero-order valence-electron chi connectivity index (χ0n) is 17.9. The van der Waals surface area contributed by atoms with E-state index >= 15 is 0 Å². The molecule has 2 aromatic carbocycles. The zero-order chi connectivity index (χ0) is 23.3. The molecule has 0 fully saturated rings. The first-order chi connectivity index (χ1) is 15.3. The number of carboxylic acids is 1. The maximum absolute atomic E-state index is 12.5. The van der Waals surface area contributed by atoms with Crippen molar-refractivity contribution in [2.24, 2.45) is 5.92 Å². The highest BCUT2D eigenvalue weighted by Gasteiger charge is 2.31. The van der Waals surface area contributed by atoms with Crippen LogP contribution in [-0.4, -0.2) is 48.1 Å². The van der Waals surface area contributed by atoms with Crippen molar-refractivity contribution in [3.8, 4) is 11.1 Å². The summed E-state index contributed by atoms with van der Waals surface area (Å²) in [6.45, 7) is 3.55. The summed E-state index contributed by atoms with van der Waals surface area (Å²) < 4.78 is 5.47. The summed E-state index contributed by atoms with van der Waals surface area (Å²) in [5.41, 5.74) is 4.36. The summed E-state index contributed by atoms with van der Waals surface area (Å²) in [4.78, 5) is 46.9. The van der Waals surface area contributed by atoms with Gasteiger partial charge in [0.05, 0.1) is 12.5 Å². The van der Waals surface area contributed by atoms with E-state index in [1.165, 1.54) is 0 Å². The SMILES string of the molecule is CC(C)C(NC(=O)OCC1c2ccccc2-c2ccccc21)C(=O)NC(C=O)CC(=O)O. The van der Waals surface area contributed by atoms with Crippen LogP contribution in [0.5, 0.6) is 0 Å². The van der Waals surface area contributed by atoms with Crippen molar-refractivity contribution in [2.75, 3.05) is 6.61 Å². The number of benzene rings is 2. The highest BCUT2D eigenvalue weighted by atomic mass is 16.5. The van der Waals surface area contributed by atoms with E-state index in [0.29, 0.717) is 6.29 Å². The van der Waals surface area contributed by atoms with Crippen LogP contribution in [0.3, 0.4) is 0 Å². The monoisotopic (exact) mass is 438 g/mol. The number of fused-ring (bicyclic) bond motifs is 3. The lowest BCUT2D eigenvalue weighted by atomic mass is 9.98. The maximum atomic E-state index is 12.5. The maximum Gasteiger partial charge on any atom is 0.407 e. The number of rotatable bonds is 9. The Balaban J connectivity index is 1.65. The number of aliphatic carboxylic acids is 1. The lowest BCUT2D eigenvalue weighted by molar-refractivity contribution is -0.139. The van der Waals surface area contributed by atoms with Gasteiger partial charge in [0.25, 0.3) is 0 Å². The molecule has 0 heterocycles. The van der Waals surface area contributed by atoms with Crippen molar-refractivity contribution >= 4 is 24.3 Å². The fraction of sp³-hybridized carbons (Fsp3) is 0.333. The number of hydrogen-bond acceptors (Lipinski definition) is 5. The van der Waals surface area contributed by atoms with Gasteiger partial charge < -0.3 is 25.3 Å². The van der Waals surface area contributed by atoms with E-state index in [-0.39, 0.29) is 18.4 Å². The van der Waals surface area contributed by atoms with Crippen molar-refractivity contribution in [2.45, 2.75) is 38.3 Å². The second kappa shape index (κ2) is 10.1. The van der Waals surface area contributed by atoms with Crippen LogP contribution in [0.25, 0.3) is 11.1 Å². The molecule has 0 saturated carbocycles. The molecule has 3 N–H and O–H groups in total. The van der Waals surface area contributed by atoms with Crippen molar-refractivity contribution in [1.29, 1.82) is 0 Å². The molecule has 2 amide bonds. The highest BCUT2D eigenvalue weighted by Crippen LogP contribution is 2.44. The van der Waals surface area contributed by atoms with Gasteiger partial charge in [-0.2, -0.15) is 0 Å². The molecule has 2 aromatic rings. The Hall–Kier alpha value is -3.68. The quantitative estimate of drug-likeness (QED) is 0.518. The summed E-state index contributed by atoms with van der Waals surface area (Å²) in [5.74, 6) is -2.29. The van der Waals surface area contributed by atoms with Crippen LogP contribution in [-0.2, 0) is 19.1 Å². The zero-order valence-corrected chi connectivity index (χ0v) is 17.9. The number of hydrogen-bond donors (Lipinski definition) is 3. The van der Waals surface area contributed by atoms with Gasteiger partial charge in [-0.15, -0.1) is 0 Å². The Kier molecular flexibility index (Phi) is 7.25. The minimum Gasteiger partial charge on any atom is -0.481 e. The molecule has 3 rings (SSSR count). The van der Waals surface area contributed by atoms with E-state index in [1.807, 2.05) is 48.5 Å². The van der Waals surface area contributed by atoms with Crippen LogP contribution in [0.15, 0.2) is 48.5 Å². The van der Waals surface area contributed by atoms with Crippen molar-refractivity contribution < 1.29 is 29.0 Å². The first-order valence-corrected chi connectivity index (χ1v) is 10.4. The van der Waals surface area contributed by atoms with E-state index in [2.05, 4.69) is 10.6 Å². The average molecular weight is 438 g/mol. The van der Waals surface area contributed by atoms with E-state index in [0.717, 1.165) is 22.3 Å². The van der Waals surface area contributed by atoms with Crippen LogP contribution in [0.4, 0.5) is 4.79 Å². The van der Waals surface area contributed by atoms with Gasteiger partial charge in [0.15, 0.2) is 0 Å². The number of nitrogens with one attached hydrogen (secondary N) is 2. The van der Waals surface area contributed by atoms with Crippen molar-refractivity contribution in [3.05, 3.63) is 59.7 Å². The molecule has 0 spiro atoms. The van der Waals surface area contributed by atoms with Crippen LogP contribution in [0.1, 0.15) is 37.3 Å². The number of carboxylic acid groups (broad SMARTS) is 1. The van der Waals surface area contributed by atoms with Gasteiger partial charge in [0.1, 0.15) is 18.9 Å². The van der Waals surface area contributed by atoms with Gasteiger partial charge in [0, 0.05) is 5.92 Å². The van der Waals surface area contributed by atoms with Gasteiger partial charge in [-0.25, -0.2) is 4.79 Å². The molecule has 1 aliphatic rings. The molecule has 0 saturated heterocycles. The third-order valence-corrected chi connectivity index (χ3v) is 5.45. The van der Waals surface area contributed by atoms with E-state index in [1.54, 1.807) is 13.8 Å². The summed E-state index contributed by atoms with van der Waals surface area (Å²) in [5, 5.41) is 13.7. The van der Waals surface area contributed by atoms with Crippen molar-refractivity contribution in [1.82, 2.24) is 10.6 Å². The number of aldehydes is 1. The Morgan fingerprint density at radius 3 is 2.06 bits per heavy atom. The summed E-state index contributed by atoms with van der Waals surface area (Å²) in [6.07, 6.45) is -0.941. The molecule has 0 bridgehead atoms. The Morgan fingerprint density at radius 2 is 1.56 bits per heavy atom. The first kappa shape index (κ1) is 23.0. The molecule has 0 aromatic heterocycles. The number of ether oxygens (including phenoxy) is 1. The summed E-state index contributed by atoms with van der Waals surface area (Å²) >= 11 is 0.